The summed E-state index contributed by atoms with van der Waals surface area (Å²) in [5.74, 6) is -0.977. The van der Waals surface area contributed by atoms with Crippen molar-refractivity contribution in [3.63, 3.8) is 0 Å². The summed E-state index contributed by atoms with van der Waals surface area (Å²) < 4.78 is 16.6. The fraction of sp³-hybridized carbons (Fsp3) is 0.360. The predicted molar refractivity (Wildman–Crippen MR) is 131 cm³/mol. The summed E-state index contributed by atoms with van der Waals surface area (Å²) in [6.45, 7) is 7.94. The van der Waals surface area contributed by atoms with E-state index in [0.717, 1.165) is 11.1 Å². The Labute approximate surface area is 204 Å². The number of para-hydroxylation sites is 1. The number of benzene rings is 2. The van der Waals surface area contributed by atoms with Crippen molar-refractivity contribution < 1.29 is 28.6 Å². The van der Waals surface area contributed by atoms with E-state index >= 15 is 0 Å². The summed E-state index contributed by atoms with van der Waals surface area (Å²) in [5.41, 5.74) is 5.13. The van der Waals surface area contributed by atoms with Crippen molar-refractivity contribution in [2.75, 3.05) is 44.8 Å². The van der Waals surface area contributed by atoms with Crippen LogP contribution >= 0.6 is 0 Å². The van der Waals surface area contributed by atoms with Crippen molar-refractivity contribution in [1.29, 1.82) is 0 Å². The second-order valence-electron chi connectivity index (χ2n) is 7.84. The predicted octanol–water partition coefficient (Wildman–Crippen LogP) is 2.03. The van der Waals surface area contributed by atoms with Crippen LogP contribution in [0.4, 0.5) is 5.69 Å². The molecule has 1 saturated heterocycles. The van der Waals surface area contributed by atoms with E-state index in [0.29, 0.717) is 55.7 Å². The van der Waals surface area contributed by atoms with Crippen LogP contribution in [-0.2, 0) is 19.1 Å². The van der Waals surface area contributed by atoms with Gasteiger partial charge in [0.2, 0.25) is 0 Å². The highest BCUT2D eigenvalue weighted by Gasteiger charge is 2.18. The first-order valence-corrected chi connectivity index (χ1v) is 11.3. The average molecular weight is 483 g/mol. The molecule has 0 saturated carbocycles. The van der Waals surface area contributed by atoms with Gasteiger partial charge in [-0.05, 0) is 55.7 Å². The molecule has 186 valence electrons. The molecule has 0 aromatic heterocycles. The van der Waals surface area contributed by atoms with Gasteiger partial charge < -0.3 is 24.4 Å². The van der Waals surface area contributed by atoms with Crippen molar-refractivity contribution in [2.45, 2.75) is 20.8 Å². The third-order valence-corrected chi connectivity index (χ3v) is 5.29. The summed E-state index contributed by atoms with van der Waals surface area (Å²) in [6, 6.07) is 10.6. The second-order valence-corrected chi connectivity index (χ2v) is 7.84. The molecule has 1 heterocycles. The van der Waals surface area contributed by atoms with Crippen LogP contribution in [0.25, 0.3) is 0 Å². The topological polar surface area (TPSA) is 119 Å². The van der Waals surface area contributed by atoms with Crippen molar-refractivity contribution in [1.82, 2.24) is 10.3 Å². The van der Waals surface area contributed by atoms with E-state index in [4.69, 9.17) is 14.2 Å². The van der Waals surface area contributed by atoms with Crippen LogP contribution in [0.3, 0.4) is 0 Å². The van der Waals surface area contributed by atoms with Crippen LogP contribution < -0.4 is 20.2 Å². The molecule has 2 aromatic carbocycles. The normalized spacial score (nSPS) is 13.4. The number of hydrogen-bond acceptors (Lipinski definition) is 7. The van der Waals surface area contributed by atoms with Crippen LogP contribution in [0.15, 0.2) is 41.5 Å². The number of nitrogens with one attached hydrogen (secondary N) is 2. The number of nitrogens with zero attached hydrogens (tertiary/aromatic N) is 2. The van der Waals surface area contributed by atoms with E-state index in [1.54, 1.807) is 23.1 Å². The first-order chi connectivity index (χ1) is 16.9. The zero-order valence-corrected chi connectivity index (χ0v) is 20.1. The van der Waals surface area contributed by atoms with Gasteiger partial charge in [-0.2, -0.15) is 5.10 Å². The Morgan fingerprint density at radius 3 is 2.43 bits per heavy atom. The molecule has 10 nitrogen and oxygen atoms in total. The molecule has 0 bridgehead atoms. The van der Waals surface area contributed by atoms with E-state index in [2.05, 4.69) is 15.8 Å². The zero-order valence-electron chi connectivity index (χ0n) is 20.1. The number of hydrogen-bond donors (Lipinski definition) is 2. The molecule has 0 radical (unpaired) electrons. The summed E-state index contributed by atoms with van der Waals surface area (Å²) in [4.78, 5) is 38.4. The van der Waals surface area contributed by atoms with Gasteiger partial charge in [-0.1, -0.05) is 18.2 Å². The highest BCUT2D eigenvalue weighted by molar-refractivity contribution is 6.39. The monoisotopic (exact) mass is 482 g/mol. The molecule has 0 aliphatic carbocycles. The van der Waals surface area contributed by atoms with Crippen molar-refractivity contribution in [3.8, 4) is 11.5 Å². The highest BCUT2D eigenvalue weighted by atomic mass is 16.5. The minimum atomic E-state index is -0.893. The van der Waals surface area contributed by atoms with Crippen molar-refractivity contribution >= 4 is 29.6 Å². The van der Waals surface area contributed by atoms with E-state index in [-0.39, 0.29) is 12.5 Å². The number of hydrazone groups is 1. The molecule has 1 aliphatic rings. The maximum Gasteiger partial charge on any atom is 0.329 e. The molecule has 1 fully saturated rings. The van der Waals surface area contributed by atoms with Crippen molar-refractivity contribution in [3.05, 3.63) is 53.1 Å². The lowest BCUT2D eigenvalue weighted by Crippen LogP contribution is -2.43. The summed E-state index contributed by atoms with van der Waals surface area (Å²) in [7, 11) is 0. The largest absolute Gasteiger partial charge is 0.490 e. The summed E-state index contributed by atoms with van der Waals surface area (Å²) in [5, 5.41) is 6.47. The zero-order chi connectivity index (χ0) is 25.2. The minimum Gasteiger partial charge on any atom is -0.490 e. The number of aryl methyl sites for hydroxylation is 2. The van der Waals surface area contributed by atoms with Gasteiger partial charge in [0, 0.05) is 18.8 Å². The van der Waals surface area contributed by atoms with Gasteiger partial charge >= 0.3 is 11.8 Å². The number of morpholine rings is 1. The number of anilines is 1. The molecule has 10 heteroatoms. The number of amides is 3. The molecule has 2 N–H and O–H groups in total. The molecule has 2 aromatic rings. The lowest BCUT2D eigenvalue weighted by atomic mass is 10.1. The van der Waals surface area contributed by atoms with E-state index in [1.807, 2.05) is 39.0 Å². The van der Waals surface area contributed by atoms with Gasteiger partial charge in [0.15, 0.2) is 18.1 Å². The molecule has 0 atom stereocenters. The van der Waals surface area contributed by atoms with E-state index < -0.39 is 11.8 Å². The number of rotatable bonds is 8. The van der Waals surface area contributed by atoms with Gasteiger partial charge in [0.25, 0.3) is 5.91 Å². The molecule has 3 rings (SSSR count). The van der Waals surface area contributed by atoms with Gasteiger partial charge in [-0.3, -0.25) is 14.4 Å². The Balaban J connectivity index is 1.57. The summed E-state index contributed by atoms with van der Waals surface area (Å²) in [6.07, 6.45) is 1.38. The minimum absolute atomic E-state index is 0.112. The van der Waals surface area contributed by atoms with Gasteiger partial charge in [-0.15, -0.1) is 0 Å². The molecule has 3 amide bonds. The quantitative estimate of drug-likeness (QED) is 0.338. The van der Waals surface area contributed by atoms with Crippen LogP contribution in [0.1, 0.15) is 23.6 Å². The Hall–Kier alpha value is -3.92. The number of carbonyl (C=O) groups excluding carboxylic acids is 3. The first kappa shape index (κ1) is 25.7. The first-order valence-electron chi connectivity index (χ1n) is 11.3. The third-order valence-electron chi connectivity index (χ3n) is 5.29. The van der Waals surface area contributed by atoms with E-state index in [1.165, 1.54) is 6.21 Å². The number of ether oxygens (including phenoxy) is 3. The molecular formula is C25H30N4O6. The molecule has 35 heavy (non-hydrogen) atoms. The molecule has 1 aliphatic heterocycles. The Morgan fingerprint density at radius 2 is 1.74 bits per heavy atom. The Bertz CT molecular complexity index is 1080. The SMILES string of the molecule is CCOc1cc(/C=N\NC(=O)C(=O)Nc2c(C)cccc2C)ccc1OCC(=O)N1CCOCC1. The van der Waals surface area contributed by atoms with Crippen LogP contribution in [0.5, 0.6) is 11.5 Å². The standard InChI is InChI=1S/C25H30N4O6/c1-4-34-21-14-19(8-9-20(21)35-16-22(30)29-10-12-33-13-11-29)15-26-28-25(32)24(31)27-23-17(2)6-5-7-18(23)3/h5-9,14-15H,4,10-13,16H2,1-3H3,(H,27,31)(H,28,32)/b26-15-. The van der Waals surface area contributed by atoms with Crippen LogP contribution in [0, 0.1) is 13.8 Å². The molecular weight excluding hydrogens is 452 g/mol. The van der Waals surface area contributed by atoms with Crippen LogP contribution in [-0.4, -0.2) is 68.4 Å². The lowest BCUT2D eigenvalue weighted by Gasteiger charge is -2.26. The van der Waals surface area contributed by atoms with Gasteiger partial charge in [-0.25, -0.2) is 5.43 Å². The average Bonchev–Trinajstić information content (AvgIpc) is 2.86. The fourth-order valence-electron chi connectivity index (χ4n) is 3.43. The number of carbonyl (C=O) groups is 3. The lowest BCUT2D eigenvalue weighted by molar-refractivity contribution is -0.137. The van der Waals surface area contributed by atoms with Gasteiger partial charge in [0.1, 0.15) is 0 Å². The molecule has 0 spiro atoms. The fourth-order valence-corrected chi connectivity index (χ4v) is 3.43. The maximum absolute atomic E-state index is 12.3. The third kappa shape index (κ3) is 7.28. The van der Waals surface area contributed by atoms with E-state index in [9.17, 15) is 14.4 Å². The van der Waals surface area contributed by atoms with Crippen LogP contribution in [0.2, 0.25) is 0 Å². The molecule has 0 unspecified atom stereocenters. The summed E-state index contributed by atoms with van der Waals surface area (Å²) >= 11 is 0. The second kappa shape index (κ2) is 12.5. The smallest absolute Gasteiger partial charge is 0.329 e. The highest BCUT2D eigenvalue weighted by Crippen LogP contribution is 2.28. The Kier molecular flexibility index (Phi) is 9.19. The van der Waals surface area contributed by atoms with Crippen molar-refractivity contribution in [2.24, 2.45) is 5.10 Å². The Morgan fingerprint density at radius 1 is 1.03 bits per heavy atom. The maximum atomic E-state index is 12.3. The van der Waals surface area contributed by atoms with Gasteiger partial charge in [0.05, 0.1) is 26.0 Å².